The van der Waals surface area contributed by atoms with E-state index in [2.05, 4.69) is 15.0 Å². The molecule has 0 atom stereocenters. The molecule has 0 saturated heterocycles. The van der Waals surface area contributed by atoms with E-state index in [0.717, 1.165) is 17.1 Å². The van der Waals surface area contributed by atoms with Crippen LogP contribution >= 0.6 is 0 Å². The van der Waals surface area contributed by atoms with Gasteiger partial charge in [-0.1, -0.05) is 18.2 Å². The van der Waals surface area contributed by atoms with Crippen molar-refractivity contribution in [2.45, 2.75) is 5.54 Å². The Labute approximate surface area is 134 Å². The van der Waals surface area contributed by atoms with E-state index in [1.54, 1.807) is 18.6 Å². The minimum absolute atomic E-state index is 0. The van der Waals surface area contributed by atoms with E-state index in [9.17, 15) is 0 Å². The molecule has 0 bridgehead atoms. The molecule has 106 valence electrons. The van der Waals surface area contributed by atoms with E-state index in [4.69, 9.17) is 5.73 Å². The molecule has 3 aromatic rings. The second kappa shape index (κ2) is 6.59. The predicted molar refractivity (Wildman–Crippen MR) is 76.8 cm³/mol. The van der Waals surface area contributed by atoms with E-state index in [1.165, 1.54) is 0 Å². The summed E-state index contributed by atoms with van der Waals surface area (Å²) in [6.45, 7) is 0. The van der Waals surface area contributed by atoms with Gasteiger partial charge in [-0.2, -0.15) is 0 Å². The van der Waals surface area contributed by atoms with Crippen LogP contribution in [0.2, 0.25) is 0 Å². The van der Waals surface area contributed by atoms with Crippen LogP contribution in [0, 0.1) is 0 Å². The Kier molecular flexibility index (Phi) is 4.81. The van der Waals surface area contributed by atoms with Crippen LogP contribution in [-0.4, -0.2) is 15.0 Å². The van der Waals surface area contributed by atoms with Crippen molar-refractivity contribution < 1.29 is 17.1 Å². The maximum atomic E-state index is 6.67. The Balaban J connectivity index is 0.00000161. The van der Waals surface area contributed by atoms with Gasteiger partial charge in [0.25, 0.3) is 0 Å². The smallest absolute Gasteiger partial charge is 0.144 e. The molecule has 0 amide bonds. The molecule has 3 heterocycles. The molecule has 4 nitrogen and oxygen atoms in total. The van der Waals surface area contributed by atoms with Gasteiger partial charge >= 0.3 is 0 Å². The van der Waals surface area contributed by atoms with Crippen molar-refractivity contribution in [3.8, 4) is 0 Å². The van der Waals surface area contributed by atoms with Crippen LogP contribution in [0.5, 0.6) is 0 Å². The van der Waals surface area contributed by atoms with Crippen LogP contribution < -0.4 is 5.73 Å². The summed E-state index contributed by atoms with van der Waals surface area (Å²) in [4.78, 5) is 13.2. The fourth-order valence-corrected chi connectivity index (χ4v) is 2.18. The summed E-state index contributed by atoms with van der Waals surface area (Å²) in [6, 6.07) is 17.0. The van der Waals surface area contributed by atoms with Gasteiger partial charge in [-0.3, -0.25) is 15.0 Å². The SMILES string of the molecule is NC(c1ccccn1)(c1ccccn1)c1ccccn1.[Fe]. The molecular formula is C16H14FeN4. The van der Waals surface area contributed by atoms with Crippen LogP contribution in [-0.2, 0) is 22.6 Å². The summed E-state index contributed by atoms with van der Waals surface area (Å²) < 4.78 is 0. The maximum absolute atomic E-state index is 6.67. The number of rotatable bonds is 3. The van der Waals surface area contributed by atoms with Crippen molar-refractivity contribution in [2.24, 2.45) is 5.73 Å². The van der Waals surface area contributed by atoms with Gasteiger partial charge in [-0.25, -0.2) is 0 Å². The Morgan fingerprint density at radius 3 is 1.19 bits per heavy atom. The third kappa shape index (κ3) is 2.85. The van der Waals surface area contributed by atoms with E-state index in [1.807, 2.05) is 54.6 Å². The third-order valence-electron chi connectivity index (χ3n) is 3.21. The van der Waals surface area contributed by atoms with Gasteiger partial charge in [0.1, 0.15) is 5.54 Å². The van der Waals surface area contributed by atoms with Crippen molar-refractivity contribution in [2.75, 3.05) is 0 Å². The van der Waals surface area contributed by atoms with Gasteiger partial charge in [-0.05, 0) is 36.4 Å². The summed E-state index contributed by atoms with van der Waals surface area (Å²) in [5.74, 6) is 0. The Bertz CT molecular complexity index is 578. The standard InChI is InChI=1S/C16H14N4.Fe/c17-16(13-7-1-4-10-18-13,14-8-2-5-11-19-14)15-9-3-6-12-20-15;/h1-12H,17H2;. The van der Waals surface area contributed by atoms with E-state index in [0.29, 0.717) is 0 Å². The molecule has 0 spiro atoms. The van der Waals surface area contributed by atoms with Gasteiger partial charge < -0.3 is 5.73 Å². The monoisotopic (exact) mass is 318 g/mol. The van der Waals surface area contributed by atoms with Gasteiger partial charge in [-0.15, -0.1) is 0 Å². The van der Waals surface area contributed by atoms with Crippen molar-refractivity contribution in [3.05, 3.63) is 90.3 Å². The van der Waals surface area contributed by atoms with E-state index in [-0.39, 0.29) is 17.1 Å². The molecule has 0 aliphatic carbocycles. The zero-order chi connectivity index (χ0) is 13.8. The zero-order valence-electron chi connectivity index (χ0n) is 11.2. The molecular weight excluding hydrogens is 304 g/mol. The first kappa shape index (κ1) is 15.3. The second-order valence-electron chi connectivity index (χ2n) is 4.45. The van der Waals surface area contributed by atoms with Crippen molar-refractivity contribution in [1.29, 1.82) is 0 Å². The van der Waals surface area contributed by atoms with Crippen LogP contribution in [0.15, 0.2) is 73.2 Å². The largest absolute Gasteiger partial charge is 0.310 e. The van der Waals surface area contributed by atoms with Crippen molar-refractivity contribution in [1.82, 2.24) is 15.0 Å². The molecule has 5 heteroatoms. The fourth-order valence-electron chi connectivity index (χ4n) is 2.18. The molecule has 0 saturated carbocycles. The van der Waals surface area contributed by atoms with Gasteiger partial charge in [0.05, 0.1) is 17.1 Å². The van der Waals surface area contributed by atoms with Crippen molar-refractivity contribution in [3.63, 3.8) is 0 Å². The van der Waals surface area contributed by atoms with E-state index < -0.39 is 5.54 Å². The number of aromatic nitrogens is 3. The first-order chi connectivity index (χ1) is 9.82. The maximum Gasteiger partial charge on any atom is 0.144 e. The Hall–Kier alpha value is -2.07. The summed E-state index contributed by atoms with van der Waals surface area (Å²) in [7, 11) is 0. The molecule has 21 heavy (non-hydrogen) atoms. The minimum atomic E-state index is -0.955. The summed E-state index contributed by atoms with van der Waals surface area (Å²) >= 11 is 0. The number of nitrogens with zero attached hydrogens (tertiary/aromatic N) is 3. The number of hydrogen-bond donors (Lipinski definition) is 1. The summed E-state index contributed by atoms with van der Waals surface area (Å²) in [5.41, 5.74) is 7.88. The van der Waals surface area contributed by atoms with Crippen LogP contribution in [0.3, 0.4) is 0 Å². The number of hydrogen-bond acceptors (Lipinski definition) is 4. The van der Waals surface area contributed by atoms with Gasteiger partial charge in [0.15, 0.2) is 0 Å². The molecule has 0 aliphatic heterocycles. The Morgan fingerprint density at radius 1 is 0.619 bits per heavy atom. The van der Waals surface area contributed by atoms with Crippen molar-refractivity contribution >= 4 is 0 Å². The number of nitrogens with two attached hydrogens (primary N) is 1. The topological polar surface area (TPSA) is 64.7 Å². The number of pyridine rings is 3. The van der Waals surface area contributed by atoms with Gasteiger partial charge in [0.2, 0.25) is 0 Å². The molecule has 0 aliphatic rings. The molecule has 3 rings (SSSR count). The summed E-state index contributed by atoms with van der Waals surface area (Å²) in [5, 5.41) is 0. The van der Waals surface area contributed by atoms with E-state index >= 15 is 0 Å². The molecule has 3 aromatic heterocycles. The third-order valence-corrected chi connectivity index (χ3v) is 3.21. The molecule has 0 radical (unpaired) electrons. The zero-order valence-corrected chi connectivity index (χ0v) is 12.3. The molecule has 0 aromatic carbocycles. The van der Waals surface area contributed by atoms with Crippen LogP contribution in [0.25, 0.3) is 0 Å². The average molecular weight is 318 g/mol. The first-order valence-corrected chi connectivity index (χ1v) is 6.35. The summed E-state index contributed by atoms with van der Waals surface area (Å²) in [6.07, 6.45) is 5.18. The average Bonchev–Trinajstić information content (AvgIpc) is 2.56. The second-order valence-corrected chi connectivity index (χ2v) is 4.45. The predicted octanol–water partition coefficient (Wildman–Crippen LogP) is 2.12. The fraction of sp³-hybridized carbons (Fsp3) is 0.0625. The molecule has 2 N–H and O–H groups in total. The normalized spacial score (nSPS) is 10.7. The quantitative estimate of drug-likeness (QED) is 0.751. The molecule has 0 fully saturated rings. The Morgan fingerprint density at radius 2 is 0.952 bits per heavy atom. The minimum Gasteiger partial charge on any atom is -0.310 e. The van der Waals surface area contributed by atoms with Gasteiger partial charge in [0, 0.05) is 35.7 Å². The van der Waals surface area contributed by atoms with Crippen LogP contribution in [0.4, 0.5) is 0 Å². The van der Waals surface area contributed by atoms with Crippen LogP contribution in [0.1, 0.15) is 17.1 Å². The molecule has 0 unspecified atom stereocenters. The first-order valence-electron chi connectivity index (χ1n) is 6.35.